The predicted octanol–water partition coefficient (Wildman–Crippen LogP) is 2.70. The topological polar surface area (TPSA) is 85.3 Å². The molecule has 3 rings (SSSR count). The van der Waals surface area contributed by atoms with Crippen molar-refractivity contribution in [1.82, 2.24) is 4.90 Å². The molecule has 0 N–H and O–H groups in total. The molecule has 1 saturated heterocycles. The average Bonchev–Trinajstić information content (AvgIpc) is 3.10. The molecule has 154 valence electrons. The lowest BCUT2D eigenvalue weighted by atomic mass is 9.83. The van der Waals surface area contributed by atoms with E-state index in [2.05, 4.69) is 11.6 Å². The van der Waals surface area contributed by atoms with Gasteiger partial charge in [0.2, 0.25) is 0 Å². The van der Waals surface area contributed by atoms with Crippen LogP contribution in [0, 0.1) is 0 Å². The molecular weight excluding hydrogens is 392 g/mol. The molecule has 0 saturated carbocycles. The van der Waals surface area contributed by atoms with Gasteiger partial charge < -0.3 is 14.4 Å². The highest BCUT2D eigenvalue weighted by Crippen LogP contribution is 2.48. The van der Waals surface area contributed by atoms with Crippen molar-refractivity contribution < 1.29 is 23.9 Å². The second-order valence-corrected chi connectivity index (χ2v) is 7.81. The van der Waals surface area contributed by atoms with Crippen LogP contribution in [0.5, 0.6) is 0 Å². The summed E-state index contributed by atoms with van der Waals surface area (Å²) in [5, 5.41) is -0.457. The maximum Gasteiger partial charge on any atom is 0.333 e. The zero-order valence-electron chi connectivity index (χ0n) is 16.3. The Bertz CT molecular complexity index is 813. The maximum absolute atomic E-state index is 12.9. The molecule has 0 aromatic heterocycles. The summed E-state index contributed by atoms with van der Waals surface area (Å²) in [4.78, 5) is 43.3. The summed E-state index contributed by atoms with van der Waals surface area (Å²) in [6.07, 6.45) is 2.93. The SMILES string of the molecule is C=CC(C(=O)OCc1ccccc1)N1C(=O)[C@@]2(CC(=O)OCCCC)N=CS[C@@H]12. The Hall–Kier alpha value is -2.61. The quantitative estimate of drug-likeness (QED) is 0.252. The fraction of sp³-hybridized carbons (Fsp3) is 0.429. The molecule has 0 bridgehead atoms. The van der Waals surface area contributed by atoms with Crippen LogP contribution < -0.4 is 0 Å². The van der Waals surface area contributed by atoms with Crippen LogP contribution in [-0.2, 0) is 30.5 Å². The van der Waals surface area contributed by atoms with E-state index in [1.54, 1.807) is 5.55 Å². The molecule has 2 heterocycles. The van der Waals surface area contributed by atoms with Gasteiger partial charge in [-0.2, -0.15) is 0 Å². The summed E-state index contributed by atoms with van der Waals surface area (Å²) >= 11 is 1.30. The number of fused-ring (bicyclic) bond motifs is 1. The minimum Gasteiger partial charge on any atom is -0.466 e. The van der Waals surface area contributed by atoms with Crippen molar-refractivity contribution in [3.63, 3.8) is 0 Å². The lowest BCUT2D eigenvalue weighted by molar-refractivity contribution is -0.169. The molecule has 0 radical (unpaired) electrons. The summed E-state index contributed by atoms with van der Waals surface area (Å²) in [5.74, 6) is -1.42. The first-order valence-corrected chi connectivity index (χ1v) is 10.5. The number of thioether (sulfide) groups is 1. The first-order valence-electron chi connectivity index (χ1n) is 9.54. The number of aliphatic imine (C=N–C) groups is 1. The zero-order chi connectivity index (χ0) is 20.9. The van der Waals surface area contributed by atoms with Crippen LogP contribution in [0.25, 0.3) is 0 Å². The van der Waals surface area contributed by atoms with Gasteiger partial charge in [0, 0.05) is 0 Å². The third-order valence-corrected chi connectivity index (χ3v) is 6.00. The van der Waals surface area contributed by atoms with Crippen LogP contribution in [0.3, 0.4) is 0 Å². The number of rotatable bonds is 10. The van der Waals surface area contributed by atoms with E-state index in [4.69, 9.17) is 9.47 Å². The predicted molar refractivity (Wildman–Crippen MR) is 110 cm³/mol. The van der Waals surface area contributed by atoms with Crippen molar-refractivity contribution in [2.45, 2.75) is 49.7 Å². The second-order valence-electron chi connectivity index (χ2n) is 6.88. The fourth-order valence-corrected chi connectivity index (χ4v) is 4.49. The number of esters is 2. The van der Waals surface area contributed by atoms with Gasteiger partial charge in [0.15, 0.2) is 5.54 Å². The Morgan fingerprint density at radius 3 is 2.79 bits per heavy atom. The number of nitrogens with zero attached hydrogens (tertiary/aromatic N) is 2. The smallest absolute Gasteiger partial charge is 0.333 e. The van der Waals surface area contributed by atoms with Gasteiger partial charge in [-0.15, -0.1) is 6.58 Å². The molecule has 1 aromatic carbocycles. The van der Waals surface area contributed by atoms with Crippen molar-refractivity contribution in [3.8, 4) is 0 Å². The van der Waals surface area contributed by atoms with E-state index in [1.807, 2.05) is 37.3 Å². The number of ether oxygens (including phenoxy) is 2. The minimum absolute atomic E-state index is 0.106. The fourth-order valence-electron chi connectivity index (χ4n) is 3.30. The van der Waals surface area contributed by atoms with Crippen LogP contribution in [0.15, 0.2) is 48.0 Å². The molecule has 7 nitrogen and oxygen atoms in total. The molecule has 0 spiro atoms. The second kappa shape index (κ2) is 9.26. The standard InChI is InChI=1S/C21H24N2O5S/c1-3-5-11-27-17(24)12-21-19(26)23(20(21)29-14-22-21)16(4-2)18(25)28-13-15-9-7-6-8-10-15/h4,6-10,14,16,20H,2-3,5,11-13H2,1H3/t16?,20-,21-/m1/s1. The van der Waals surface area contributed by atoms with E-state index >= 15 is 0 Å². The number of amides is 1. The molecule has 1 fully saturated rings. The van der Waals surface area contributed by atoms with Gasteiger partial charge in [-0.1, -0.05) is 61.5 Å². The molecule has 0 aliphatic carbocycles. The number of benzene rings is 1. The van der Waals surface area contributed by atoms with Gasteiger partial charge in [0.1, 0.15) is 18.0 Å². The van der Waals surface area contributed by atoms with Crippen molar-refractivity contribution in [2.75, 3.05) is 6.61 Å². The van der Waals surface area contributed by atoms with Gasteiger partial charge in [-0.3, -0.25) is 14.6 Å². The van der Waals surface area contributed by atoms with Crippen molar-refractivity contribution in [1.29, 1.82) is 0 Å². The van der Waals surface area contributed by atoms with E-state index in [0.717, 1.165) is 18.4 Å². The van der Waals surface area contributed by atoms with Crippen LogP contribution in [0.4, 0.5) is 0 Å². The Morgan fingerprint density at radius 1 is 1.34 bits per heavy atom. The molecule has 1 aromatic rings. The summed E-state index contributed by atoms with van der Waals surface area (Å²) in [6.45, 7) is 6.12. The number of hydrogen-bond acceptors (Lipinski definition) is 7. The Kier molecular flexibility index (Phi) is 6.74. The summed E-state index contributed by atoms with van der Waals surface area (Å²) in [6, 6.07) is 8.35. The number of carbonyl (C=O) groups is 3. The largest absolute Gasteiger partial charge is 0.466 e. The highest BCUT2D eigenvalue weighted by atomic mass is 32.2. The van der Waals surface area contributed by atoms with E-state index in [0.29, 0.717) is 6.61 Å². The van der Waals surface area contributed by atoms with Gasteiger partial charge in [-0.05, 0) is 12.0 Å². The molecule has 8 heteroatoms. The summed E-state index contributed by atoms with van der Waals surface area (Å²) in [7, 11) is 0. The number of hydrogen-bond donors (Lipinski definition) is 0. The third kappa shape index (κ3) is 4.22. The Morgan fingerprint density at radius 2 is 2.10 bits per heavy atom. The highest BCUT2D eigenvalue weighted by Gasteiger charge is 2.66. The number of β-lactam (4-membered cyclic amide) rings is 1. The molecular formula is C21H24N2O5S. The Labute approximate surface area is 174 Å². The minimum atomic E-state index is -1.20. The van der Waals surface area contributed by atoms with Crippen LogP contribution in [-0.4, -0.2) is 51.9 Å². The lowest BCUT2D eigenvalue weighted by Crippen LogP contribution is -2.73. The maximum atomic E-state index is 12.9. The van der Waals surface area contributed by atoms with E-state index < -0.39 is 34.8 Å². The third-order valence-electron chi connectivity index (χ3n) is 4.90. The zero-order valence-corrected chi connectivity index (χ0v) is 17.1. The number of carbonyl (C=O) groups excluding carboxylic acids is 3. The van der Waals surface area contributed by atoms with Crippen molar-refractivity contribution in [2.24, 2.45) is 4.99 Å². The first kappa shape index (κ1) is 21.1. The number of unbranched alkanes of at least 4 members (excludes halogenated alkanes) is 1. The molecule has 3 atom stereocenters. The monoisotopic (exact) mass is 416 g/mol. The first-order chi connectivity index (χ1) is 14.0. The summed E-state index contributed by atoms with van der Waals surface area (Å²) in [5.41, 5.74) is 1.20. The molecule has 1 unspecified atom stereocenters. The molecule has 29 heavy (non-hydrogen) atoms. The highest BCUT2D eigenvalue weighted by molar-refractivity contribution is 8.13. The van der Waals surface area contributed by atoms with Crippen molar-refractivity contribution in [3.05, 3.63) is 48.6 Å². The Balaban J connectivity index is 1.63. The lowest BCUT2D eigenvalue weighted by Gasteiger charge is -2.51. The normalized spacial score (nSPS) is 23.1. The van der Waals surface area contributed by atoms with Crippen LogP contribution in [0.2, 0.25) is 0 Å². The van der Waals surface area contributed by atoms with E-state index in [-0.39, 0.29) is 13.0 Å². The average molecular weight is 416 g/mol. The van der Waals surface area contributed by atoms with Gasteiger partial charge >= 0.3 is 11.9 Å². The number of likely N-dealkylation sites (tertiary alicyclic amines) is 1. The van der Waals surface area contributed by atoms with Crippen LogP contribution >= 0.6 is 11.8 Å². The molecule has 2 aliphatic heterocycles. The van der Waals surface area contributed by atoms with Gasteiger partial charge in [-0.25, -0.2) is 4.79 Å². The van der Waals surface area contributed by atoms with Crippen molar-refractivity contribution >= 4 is 35.2 Å². The van der Waals surface area contributed by atoms with Crippen LogP contribution in [0.1, 0.15) is 31.7 Å². The summed E-state index contributed by atoms with van der Waals surface area (Å²) < 4.78 is 10.6. The van der Waals surface area contributed by atoms with E-state index in [1.165, 1.54) is 22.7 Å². The van der Waals surface area contributed by atoms with E-state index in [9.17, 15) is 14.4 Å². The molecule has 1 amide bonds. The molecule has 2 aliphatic rings. The van der Waals surface area contributed by atoms with Gasteiger partial charge in [0.05, 0.1) is 18.6 Å². The van der Waals surface area contributed by atoms with Gasteiger partial charge in [0.25, 0.3) is 5.91 Å².